The van der Waals surface area contributed by atoms with Crippen molar-refractivity contribution in [3.05, 3.63) is 23.3 Å². The number of Topliss-reactive ketones (excluding diaryl/α,β-unsaturated/α-hetero) is 1. The highest BCUT2D eigenvalue weighted by Crippen LogP contribution is 2.37. The number of carbonyl (C=O) groups excluding carboxylic acids is 1. The summed E-state index contributed by atoms with van der Waals surface area (Å²) in [7, 11) is 3.18. The van der Waals surface area contributed by atoms with Gasteiger partial charge in [0.25, 0.3) is 0 Å². The highest BCUT2D eigenvalue weighted by Gasteiger charge is 2.31. The number of hydrogen-bond acceptors (Lipinski definition) is 3. The molecule has 1 aromatic rings. The third kappa shape index (κ3) is 1.90. The first-order valence-corrected chi connectivity index (χ1v) is 5.44. The van der Waals surface area contributed by atoms with Gasteiger partial charge in [0.1, 0.15) is 0 Å². The Balaban J connectivity index is 2.41. The van der Waals surface area contributed by atoms with Crippen LogP contribution in [-0.4, -0.2) is 20.0 Å². The van der Waals surface area contributed by atoms with Crippen LogP contribution in [0.4, 0.5) is 0 Å². The van der Waals surface area contributed by atoms with Crippen LogP contribution < -0.4 is 9.47 Å². The molecule has 0 heterocycles. The van der Waals surface area contributed by atoms with Crippen LogP contribution in [0.5, 0.6) is 11.5 Å². The van der Waals surface area contributed by atoms with E-state index < -0.39 is 0 Å². The molecular weight excluding hydrogens is 204 g/mol. The summed E-state index contributed by atoms with van der Waals surface area (Å²) in [6.45, 7) is 1.93. The average Bonchev–Trinajstić information content (AvgIpc) is 3.11. The number of rotatable bonds is 4. The molecule has 3 heteroatoms. The standard InChI is InChI=1S/C13H16O3/c1-8-6-11(15-2)12(16-3)7-10(8)13(14)9-4-5-9/h6-7,9H,4-5H2,1-3H3. The summed E-state index contributed by atoms with van der Waals surface area (Å²) in [5, 5.41) is 0. The summed E-state index contributed by atoms with van der Waals surface area (Å²) < 4.78 is 10.4. The fraction of sp³-hybridized carbons (Fsp3) is 0.462. The van der Waals surface area contributed by atoms with E-state index in [0.717, 1.165) is 24.0 Å². The highest BCUT2D eigenvalue weighted by atomic mass is 16.5. The molecule has 0 amide bonds. The van der Waals surface area contributed by atoms with Crippen LogP contribution in [-0.2, 0) is 0 Å². The van der Waals surface area contributed by atoms with Crippen LogP contribution in [0, 0.1) is 12.8 Å². The predicted molar refractivity (Wildman–Crippen MR) is 61.3 cm³/mol. The van der Waals surface area contributed by atoms with E-state index in [1.165, 1.54) is 0 Å². The molecule has 2 rings (SSSR count). The molecule has 0 aromatic heterocycles. The van der Waals surface area contributed by atoms with E-state index in [1.807, 2.05) is 13.0 Å². The summed E-state index contributed by atoms with van der Waals surface area (Å²) in [5.74, 6) is 1.76. The second-order valence-electron chi connectivity index (χ2n) is 4.16. The Morgan fingerprint density at radius 2 is 1.75 bits per heavy atom. The SMILES string of the molecule is COc1cc(C)c(C(=O)C2CC2)cc1OC. The molecule has 0 aliphatic heterocycles. The van der Waals surface area contributed by atoms with E-state index in [4.69, 9.17) is 9.47 Å². The lowest BCUT2D eigenvalue weighted by Gasteiger charge is -2.11. The molecule has 16 heavy (non-hydrogen) atoms. The zero-order valence-corrected chi connectivity index (χ0v) is 9.87. The molecule has 0 saturated heterocycles. The van der Waals surface area contributed by atoms with Crippen molar-refractivity contribution in [1.82, 2.24) is 0 Å². The van der Waals surface area contributed by atoms with Gasteiger partial charge in [-0.05, 0) is 37.5 Å². The molecule has 0 spiro atoms. The van der Waals surface area contributed by atoms with Crippen molar-refractivity contribution in [3.8, 4) is 11.5 Å². The van der Waals surface area contributed by atoms with Crippen molar-refractivity contribution >= 4 is 5.78 Å². The number of benzene rings is 1. The van der Waals surface area contributed by atoms with Crippen molar-refractivity contribution in [2.45, 2.75) is 19.8 Å². The number of carbonyl (C=O) groups is 1. The summed E-state index contributed by atoms with van der Waals surface area (Å²) in [4.78, 5) is 12.0. The summed E-state index contributed by atoms with van der Waals surface area (Å²) >= 11 is 0. The van der Waals surface area contributed by atoms with Gasteiger partial charge in [-0.3, -0.25) is 4.79 Å². The zero-order valence-electron chi connectivity index (χ0n) is 9.87. The Kier molecular flexibility index (Phi) is 2.86. The molecule has 0 atom stereocenters. The van der Waals surface area contributed by atoms with Crippen molar-refractivity contribution in [2.75, 3.05) is 14.2 Å². The van der Waals surface area contributed by atoms with Gasteiger partial charge < -0.3 is 9.47 Å². The maximum atomic E-state index is 12.0. The van der Waals surface area contributed by atoms with Crippen molar-refractivity contribution in [2.24, 2.45) is 5.92 Å². The van der Waals surface area contributed by atoms with Gasteiger partial charge in [-0.25, -0.2) is 0 Å². The molecule has 0 N–H and O–H groups in total. The van der Waals surface area contributed by atoms with Gasteiger partial charge in [-0.2, -0.15) is 0 Å². The zero-order chi connectivity index (χ0) is 11.7. The van der Waals surface area contributed by atoms with E-state index in [-0.39, 0.29) is 11.7 Å². The lowest BCUT2D eigenvalue weighted by molar-refractivity contribution is 0.0966. The van der Waals surface area contributed by atoms with E-state index in [0.29, 0.717) is 11.5 Å². The van der Waals surface area contributed by atoms with Gasteiger partial charge in [0, 0.05) is 11.5 Å². The Labute approximate surface area is 95.4 Å². The Morgan fingerprint density at radius 1 is 1.19 bits per heavy atom. The molecule has 1 saturated carbocycles. The molecule has 1 aromatic carbocycles. The smallest absolute Gasteiger partial charge is 0.166 e. The first-order valence-electron chi connectivity index (χ1n) is 5.44. The lowest BCUT2D eigenvalue weighted by atomic mass is 10.0. The van der Waals surface area contributed by atoms with E-state index in [1.54, 1.807) is 20.3 Å². The highest BCUT2D eigenvalue weighted by molar-refractivity contribution is 6.01. The topological polar surface area (TPSA) is 35.5 Å². The number of ketones is 1. The van der Waals surface area contributed by atoms with Gasteiger partial charge in [0.2, 0.25) is 0 Å². The maximum absolute atomic E-state index is 12.0. The van der Waals surface area contributed by atoms with Gasteiger partial charge >= 0.3 is 0 Å². The van der Waals surface area contributed by atoms with E-state index >= 15 is 0 Å². The monoisotopic (exact) mass is 220 g/mol. The van der Waals surface area contributed by atoms with Gasteiger partial charge in [0.05, 0.1) is 14.2 Å². The van der Waals surface area contributed by atoms with Gasteiger partial charge in [-0.15, -0.1) is 0 Å². The summed E-state index contributed by atoms with van der Waals surface area (Å²) in [5.41, 5.74) is 1.72. The maximum Gasteiger partial charge on any atom is 0.166 e. The van der Waals surface area contributed by atoms with Gasteiger partial charge in [0.15, 0.2) is 17.3 Å². The number of ether oxygens (including phenoxy) is 2. The minimum Gasteiger partial charge on any atom is -0.493 e. The summed E-state index contributed by atoms with van der Waals surface area (Å²) in [6.07, 6.45) is 2.04. The predicted octanol–water partition coefficient (Wildman–Crippen LogP) is 2.60. The normalized spacial score (nSPS) is 14.7. The summed E-state index contributed by atoms with van der Waals surface area (Å²) in [6, 6.07) is 3.64. The first-order chi connectivity index (χ1) is 7.67. The molecule has 3 nitrogen and oxygen atoms in total. The first kappa shape index (κ1) is 11.0. The molecule has 86 valence electrons. The Bertz CT molecular complexity index is 419. The van der Waals surface area contributed by atoms with Gasteiger partial charge in [-0.1, -0.05) is 0 Å². The van der Waals surface area contributed by atoms with Crippen LogP contribution >= 0.6 is 0 Å². The second kappa shape index (κ2) is 4.16. The average molecular weight is 220 g/mol. The van der Waals surface area contributed by atoms with Crippen LogP contribution in [0.25, 0.3) is 0 Å². The molecule has 1 aliphatic rings. The Hall–Kier alpha value is -1.51. The van der Waals surface area contributed by atoms with Crippen molar-refractivity contribution in [3.63, 3.8) is 0 Å². The van der Waals surface area contributed by atoms with Crippen LogP contribution in [0.1, 0.15) is 28.8 Å². The van der Waals surface area contributed by atoms with E-state index in [2.05, 4.69) is 0 Å². The van der Waals surface area contributed by atoms with Crippen molar-refractivity contribution in [1.29, 1.82) is 0 Å². The van der Waals surface area contributed by atoms with Crippen LogP contribution in [0.2, 0.25) is 0 Å². The molecule has 1 aliphatic carbocycles. The largest absolute Gasteiger partial charge is 0.493 e. The third-order valence-corrected chi connectivity index (χ3v) is 2.94. The molecule has 0 bridgehead atoms. The number of methoxy groups -OCH3 is 2. The van der Waals surface area contributed by atoms with E-state index in [9.17, 15) is 4.79 Å². The number of aryl methyl sites for hydroxylation is 1. The third-order valence-electron chi connectivity index (χ3n) is 2.94. The molecular formula is C13H16O3. The molecule has 0 radical (unpaired) electrons. The van der Waals surface area contributed by atoms with Crippen molar-refractivity contribution < 1.29 is 14.3 Å². The van der Waals surface area contributed by atoms with Crippen LogP contribution in [0.3, 0.4) is 0 Å². The number of hydrogen-bond donors (Lipinski definition) is 0. The second-order valence-corrected chi connectivity index (χ2v) is 4.16. The fourth-order valence-corrected chi connectivity index (χ4v) is 1.81. The lowest BCUT2D eigenvalue weighted by Crippen LogP contribution is -2.05. The minimum absolute atomic E-state index is 0.233. The Morgan fingerprint density at radius 3 is 2.25 bits per heavy atom. The fourth-order valence-electron chi connectivity index (χ4n) is 1.81. The quantitative estimate of drug-likeness (QED) is 0.732. The minimum atomic E-state index is 0.233. The molecule has 1 fully saturated rings. The molecule has 0 unspecified atom stereocenters. The van der Waals surface area contributed by atoms with Crippen LogP contribution in [0.15, 0.2) is 12.1 Å².